The number of primary amides is 1. The van der Waals surface area contributed by atoms with Crippen molar-refractivity contribution in [2.75, 3.05) is 5.75 Å². The second-order valence-electron chi connectivity index (χ2n) is 4.33. The van der Waals surface area contributed by atoms with Crippen LogP contribution in [0.15, 0.2) is 47.4 Å². The summed E-state index contributed by atoms with van der Waals surface area (Å²) >= 11 is 1.71. The molecule has 0 fully saturated rings. The smallest absolute Gasteiger partial charge is 0.252 e. The Kier molecular flexibility index (Phi) is 5.25. The van der Waals surface area contributed by atoms with Crippen LogP contribution in [-0.2, 0) is 6.54 Å². The van der Waals surface area contributed by atoms with Gasteiger partial charge < -0.3 is 16.2 Å². The van der Waals surface area contributed by atoms with Gasteiger partial charge in [0.2, 0.25) is 0 Å². The van der Waals surface area contributed by atoms with Gasteiger partial charge in [-0.05, 0) is 30.0 Å². The fraction of sp³-hybridized carbons (Fsp3) is 0.188. The molecule has 4 nitrogen and oxygen atoms in total. The number of benzene rings is 2. The van der Waals surface area contributed by atoms with Crippen molar-refractivity contribution in [2.45, 2.75) is 18.4 Å². The van der Waals surface area contributed by atoms with E-state index in [9.17, 15) is 4.79 Å². The third kappa shape index (κ3) is 3.56. The normalized spacial score (nSPS) is 10.4. The van der Waals surface area contributed by atoms with Crippen LogP contribution in [0.25, 0.3) is 0 Å². The van der Waals surface area contributed by atoms with Gasteiger partial charge in [0.15, 0.2) is 0 Å². The number of ether oxygens (including phenoxy) is 1. The topological polar surface area (TPSA) is 78.3 Å². The van der Waals surface area contributed by atoms with Crippen molar-refractivity contribution < 1.29 is 9.53 Å². The number of amides is 1. The van der Waals surface area contributed by atoms with E-state index in [1.54, 1.807) is 36.0 Å². The van der Waals surface area contributed by atoms with Crippen molar-refractivity contribution in [3.05, 3.63) is 53.6 Å². The third-order valence-corrected chi connectivity index (χ3v) is 3.95. The zero-order valence-electron chi connectivity index (χ0n) is 11.8. The van der Waals surface area contributed by atoms with Gasteiger partial charge in [-0.2, -0.15) is 0 Å². The number of carbonyl (C=O) groups is 1. The van der Waals surface area contributed by atoms with Gasteiger partial charge in [-0.1, -0.05) is 25.1 Å². The molecule has 0 aliphatic rings. The Morgan fingerprint density at radius 1 is 1.14 bits per heavy atom. The summed E-state index contributed by atoms with van der Waals surface area (Å²) < 4.78 is 5.89. The summed E-state index contributed by atoms with van der Waals surface area (Å²) in [5.41, 5.74) is 12.5. The highest BCUT2D eigenvalue weighted by molar-refractivity contribution is 7.99. The predicted octanol–water partition coefficient (Wildman–Crippen LogP) is 3.15. The number of carbonyl (C=O) groups excluding carboxylic acids is 1. The molecule has 0 radical (unpaired) electrons. The molecule has 0 heterocycles. The van der Waals surface area contributed by atoms with E-state index in [0.29, 0.717) is 23.6 Å². The first-order chi connectivity index (χ1) is 10.2. The first kappa shape index (κ1) is 15.4. The van der Waals surface area contributed by atoms with E-state index in [4.69, 9.17) is 16.2 Å². The average molecular weight is 302 g/mol. The molecule has 0 bridgehead atoms. The fourth-order valence-electron chi connectivity index (χ4n) is 2.01. The summed E-state index contributed by atoms with van der Waals surface area (Å²) in [6.07, 6.45) is 0. The number of thioether (sulfide) groups is 1. The van der Waals surface area contributed by atoms with Crippen molar-refractivity contribution in [1.82, 2.24) is 0 Å². The van der Waals surface area contributed by atoms with Gasteiger partial charge in [0.25, 0.3) is 5.91 Å². The van der Waals surface area contributed by atoms with E-state index in [0.717, 1.165) is 16.2 Å². The number of nitrogens with two attached hydrogens (primary N) is 2. The van der Waals surface area contributed by atoms with Gasteiger partial charge in [-0.15, -0.1) is 11.8 Å². The molecule has 0 aliphatic carbocycles. The van der Waals surface area contributed by atoms with Crippen LogP contribution in [0.3, 0.4) is 0 Å². The highest BCUT2D eigenvalue weighted by atomic mass is 32.2. The summed E-state index contributed by atoms with van der Waals surface area (Å²) in [4.78, 5) is 12.5. The maximum absolute atomic E-state index is 11.4. The molecule has 2 rings (SSSR count). The predicted molar refractivity (Wildman–Crippen MR) is 85.8 cm³/mol. The average Bonchev–Trinajstić information content (AvgIpc) is 2.48. The lowest BCUT2D eigenvalue weighted by molar-refractivity contribution is 0.0998. The molecule has 0 aromatic heterocycles. The van der Waals surface area contributed by atoms with Crippen molar-refractivity contribution in [3.8, 4) is 11.5 Å². The second-order valence-corrected chi connectivity index (χ2v) is 5.64. The summed E-state index contributed by atoms with van der Waals surface area (Å²) in [6.45, 7) is 2.46. The molecule has 0 atom stereocenters. The van der Waals surface area contributed by atoms with Crippen molar-refractivity contribution in [1.29, 1.82) is 0 Å². The lowest BCUT2D eigenvalue weighted by atomic mass is 10.1. The first-order valence-corrected chi connectivity index (χ1v) is 7.67. The lowest BCUT2D eigenvalue weighted by Gasteiger charge is -2.15. The number of hydrogen-bond donors (Lipinski definition) is 2. The molecule has 2 aromatic carbocycles. The molecule has 1 amide bonds. The summed E-state index contributed by atoms with van der Waals surface area (Å²) in [5, 5.41) is 0. The van der Waals surface area contributed by atoms with Gasteiger partial charge in [-0.3, -0.25) is 4.79 Å². The highest BCUT2D eigenvalue weighted by Gasteiger charge is 2.13. The molecule has 21 heavy (non-hydrogen) atoms. The Labute approximate surface area is 128 Å². The zero-order valence-corrected chi connectivity index (χ0v) is 12.7. The van der Waals surface area contributed by atoms with Crippen LogP contribution in [0, 0.1) is 0 Å². The van der Waals surface area contributed by atoms with Crippen LogP contribution < -0.4 is 16.2 Å². The third-order valence-electron chi connectivity index (χ3n) is 2.97. The quantitative estimate of drug-likeness (QED) is 0.803. The molecule has 0 saturated carbocycles. The van der Waals surface area contributed by atoms with Crippen LogP contribution in [0.4, 0.5) is 0 Å². The minimum Gasteiger partial charge on any atom is -0.456 e. The van der Waals surface area contributed by atoms with Crippen molar-refractivity contribution in [3.63, 3.8) is 0 Å². The second kappa shape index (κ2) is 7.15. The molecule has 0 unspecified atom stereocenters. The minimum absolute atomic E-state index is 0.356. The van der Waals surface area contributed by atoms with Gasteiger partial charge in [-0.25, -0.2) is 0 Å². The maximum atomic E-state index is 11.4. The Bertz CT molecular complexity index is 644. The number of rotatable bonds is 6. The van der Waals surface area contributed by atoms with Gasteiger partial charge in [0.1, 0.15) is 11.5 Å². The van der Waals surface area contributed by atoms with Crippen LogP contribution in [0.2, 0.25) is 0 Å². The maximum Gasteiger partial charge on any atom is 0.252 e. The molecule has 0 saturated heterocycles. The van der Waals surface area contributed by atoms with E-state index in [2.05, 4.69) is 6.92 Å². The Hall–Kier alpha value is -1.98. The largest absolute Gasteiger partial charge is 0.456 e. The van der Waals surface area contributed by atoms with E-state index < -0.39 is 5.91 Å². The fourth-order valence-corrected chi connectivity index (χ4v) is 2.85. The zero-order chi connectivity index (χ0) is 15.2. The molecule has 0 spiro atoms. The lowest BCUT2D eigenvalue weighted by Crippen LogP contribution is -2.12. The van der Waals surface area contributed by atoms with Crippen molar-refractivity contribution >= 4 is 17.7 Å². The van der Waals surface area contributed by atoms with Gasteiger partial charge >= 0.3 is 0 Å². The Morgan fingerprint density at radius 2 is 1.86 bits per heavy atom. The first-order valence-electron chi connectivity index (χ1n) is 6.68. The van der Waals surface area contributed by atoms with Crippen LogP contribution >= 0.6 is 11.8 Å². The monoisotopic (exact) mass is 302 g/mol. The van der Waals surface area contributed by atoms with E-state index in [-0.39, 0.29) is 0 Å². The molecule has 2 aromatic rings. The molecule has 0 aliphatic heterocycles. The summed E-state index contributed by atoms with van der Waals surface area (Å²) in [7, 11) is 0. The number of para-hydroxylation sites is 1. The molecule has 4 N–H and O–H groups in total. The van der Waals surface area contributed by atoms with Gasteiger partial charge in [0, 0.05) is 17.0 Å². The summed E-state index contributed by atoms with van der Waals surface area (Å²) in [5.74, 6) is 1.54. The minimum atomic E-state index is -0.515. The number of hydrogen-bond acceptors (Lipinski definition) is 4. The highest BCUT2D eigenvalue weighted by Crippen LogP contribution is 2.33. The molecule has 110 valence electrons. The van der Waals surface area contributed by atoms with Crippen LogP contribution in [0.5, 0.6) is 11.5 Å². The summed E-state index contributed by atoms with van der Waals surface area (Å²) in [6, 6.07) is 12.7. The van der Waals surface area contributed by atoms with Crippen LogP contribution in [-0.4, -0.2) is 11.7 Å². The Balaban J connectivity index is 2.40. The SMILES string of the molecule is CCSc1cccc(Oc2ccccc2C(N)=O)c1CN. The standard InChI is InChI=1S/C16H18N2O2S/c1-2-21-15-9-5-8-14(12(15)10-17)20-13-7-4-3-6-11(13)16(18)19/h3-9H,2,10,17H2,1H3,(H2,18,19). The molecular weight excluding hydrogens is 284 g/mol. The van der Waals surface area contributed by atoms with E-state index >= 15 is 0 Å². The van der Waals surface area contributed by atoms with Gasteiger partial charge in [0.05, 0.1) is 5.56 Å². The van der Waals surface area contributed by atoms with Crippen molar-refractivity contribution in [2.24, 2.45) is 11.5 Å². The van der Waals surface area contributed by atoms with Crippen LogP contribution in [0.1, 0.15) is 22.8 Å². The Morgan fingerprint density at radius 3 is 2.52 bits per heavy atom. The van der Waals surface area contributed by atoms with E-state index in [1.165, 1.54) is 0 Å². The molecular formula is C16H18N2O2S. The van der Waals surface area contributed by atoms with E-state index in [1.807, 2.05) is 18.2 Å². The molecule has 5 heteroatoms.